The lowest BCUT2D eigenvalue weighted by Crippen LogP contribution is -2.62. The fraction of sp³-hybridized carbons (Fsp3) is 0.625. The lowest BCUT2D eigenvalue weighted by atomic mass is 9.76. The van der Waals surface area contributed by atoms with Crippen molar-refractivity contribution in [2.24, 2.45) is 17.8 Å². The highest BCUT2D eigenvalue weighted by Gasteiger charge is 2.45. The molecule has 1 aliphatic carbocycles. The first kappa shape index (κ1) is 21.8. The van der Waals surface area contributed by atoms with Crippen molar-refractivity contribution >= 4 is 17.8 Å². The summed E-state index contributed by atoms with van der Waals surface area (Å²) < 4.78 is 5.01. The van der Waals surface area contributed by atoms with Gasteiger partial charge in [-0.15, -0.1) is 0 Å². The topological polar surface area (TPSA) is 79.0 Å². The predicted octanol–water partition coefficient (Wildman–Crippen LogP) is 2.45. The van der Waals surface area contributed by atoms with E-state index in [4.69, 9.17) is 4.74 Å². The Morgan fingerprint density at radius 3 is 2.55 bits per heavy atom. The van der Waals surface area contributed by atoms with Gasteiger partial charge < -0.3 is 15.0 Å². The molecule has 7 heteroatoms. The largest absolute Gasteiger partial charge is 0.383 e. The molecule has 0 radical (unpaired) electrons. The number of carbonyl (C=O) groups is 3. The van der Waals surface area contributed by atoms with Crippen LogP contribution in [0.1, 0.15) is 37.7 Å². The van der Waals surface area contributed by atoms with Crippen LogP contribution in [-0.4, -0.2) is 67.0 Å². The molecule has 4 rings (SSSR count). The summed E-state index contributed by atoms with van der Waals surface area (Å²) in [7, 11) is 1.55. The summed E-state index contributed by atoms with van der Waals surface area (Å²) in [5, 5.41) is 2.97. The van der Waals surface area contributed by atoms with Gasteiger partial charge in [0.1, 0.15) is 0 Å². The molecule has 3 unspecified atom stereocenters. The summed E-state index contributed by atoms with van der Waals surface area (Å²) in [5.41, 5.74) is 1.36. The van der Waals surface area contributed by atoms with Crippen LogP contribution in [0.2, 0.25) is 0 Å². The van der Waals surface area contributed by atoms with Gasteiger partial charge >= 0.3 is 6.03 Å². The molecule has 1 aromatic rings. The molecule has 0 aromatic heterocycles. The maximum Gasteiger partial charge on any atom is 0.324 e. The average molecular weight is 428 g/mol. The van der Waals surface area contributed by atoms with E-state index in [1.807, 2.05) is 11.0 Å². The molecule has 31 heavy (non-hydrogen) atoms. The Labute approximate surface area is 184 Å². The zero-order chi connectivity index (χ0) is 21.8. The molecular weight excluding hydrogens is 394 g/mol. The van der Waals surface area contributed by atoms with E-state index in [0.29, 0.717) is 31.8 Å². The molecule has 2 aliphatic heterocycles. The van der Waals surface area contributed by atoms with E-state index in [0.717, 1.165) is 32.4 Å². The first-order valence-corrected chi connectivity index (χ1v) is 11.5. The van der Waals surface area contributed by atoms with E-state index < -0.39 is 0 Å². The fourth-order valence-electron chi connectivity index (χ4n) is 5.34. The Hall–Kier alpha value is -2.41. The SMILES string of the molecule is COCCN1C(=O)NC2CC(C(=O)N3CCC(Cc4ccccc4)CC3)CCC2C1=O. The van der Waals surface area contributed by atoms with Gasteiger partial charge in [0.15, 0.2) is 0 Å². The second kappa shape index (κ2) is 9.81. The Morgan fingerprint density at radius 2 is 1.84 bits per heavy atom. The maximum absolute atomic E-state index is 13.2. The summed E-state index contributed by atoms with van der Waals surface area (Å²) in [6, 6.07) is 9.94. The van der Waals surface area contributed by atoms with Crippen molar-refractivity contribution in [2.75, 3.05) is 33.4 Å². The number of benzene rings is 1. The first-order valence-electron chi connectivity index (χ1n) is 11.5. The van der Waals surface area contributed by atoms with E-state index in [1.54, 1.807) is 7.11 Å². The van der Waals surface area contributed by atoms with Crippen molar-refractivity contribution in [3.05, 3.63) is 35.9 Å². The van der Waals surface area contributed by atoms with Gasteiger partial charge in [0.25, 0.3) is 0 Å². The Balaban J connectivity index is 1.28. The monoisotopic (exact) mass is 427 g/mol. The molecule has 2 heterocycles. The standard InChI is InChI=1S/C24H33N3O4/c1-31-14-13-27-23(29)20-8-7-19(16-21(20)25-24(27)30)22(28)26-11-9-18(10-12-26)15-17-5-3-2-4-6-17/h2-6,18-21H,7-16H2,1H3,(H,25,30). The predicted molar refractivity (Wildman–Crippen MR) is 116 cm³/mol. The highest BCUT2D eigenvalue weighted by molar-refractivity contribution is 5.99. The Kier molecular flexibility index (Phi) is 6.90. The molecule has 3 fully saturated rings. The number of carbonyl (C=O) groups excluding carboxylic acids is 3. The van der Waals surface area contributed by atoms with Crippen molar-refractivity contribution in [3.63, 3.8) is 0 Å². The van der Waals surface area contributed by atoms with E-state index in [1.165, 1.54) is 10.5 Å². The van der Waals surface area contributed by atoms with Crippen molar-refractivity contribution in [2.45, 2.75) is 44.6 Å². The molecule has 0 bridgehead atoms. The third-order valence-corrected chi connectivity index (χ3v) is 7.15. The van der Waals surface area contributed by atoms with Crippen molar-refractivity contribution in [1.82, 2.24) is 15.1 Å². The molecule has 2 saturated heterocycles. The van der Waals surface area contributed by atoms with Gasteiger partial charge in [0.2, 0.25) is 11.8 Å². The second-order valence-corrected chi connectivity index (χ2v) is 9.11. The van der Waals surface area contributed by atoms with Crippen molar-refractivity contribution in [3.8, 4) is 0 Å². The lowest BCUT2D eigenvalue weighted by molar-refractivity contribution is -0.143. The van der Waals surface area contributed by atoms with Gasteiger partial charge in [0, 0.05) is 32.2 Å². The summed E-state index contributed by atoms with van der Waals surface area (Å²) in [4.78, 5) is 41.5. The molecule has 3 aliphatic rings. The minimum absolute atomic E-state index is 0.106. The van der Waals surface area contributed by atoms with Crippen molar-refractivity contribution < 1.29 is 19.1 Å². The van der Waals surface area contributed by atoms with Crippen molar-refractivity contribution in [1.29, 1.82) is 0 Å². The number of nitrogens with one attached hydrogen (secondary N) is 1. The zero-order valence-electron chi connectivity index (χ0n) is 18.3. The maximum atomic E-state index is 13.2. The van der Waals surface area contributed by atoms with E-state index in [9.17, 15) is 14.4 Å². The molecule has 3 atom stereocenters. The van der Waals surface area contributed by atoms with Gasteiger partial charge in [-0.3, -0.25) is 14.5 Å². The molecule has 168 valence electrons. The van der Waals surface area contributed by atoms with Crippen LogP contribution in [0.3, 0.4) is 0 Å². The van der Waals surface area contributed by atoms with Crippen LogP contribution in [0.15, 0.2) is 30.3 Å². The van der Waals surface area contributed by atoms with Gasteiger partial charge in [-0.25, -0.2) is 4.79 Å². The molecule has 1 N–H and O–H groups in total. The number of piperidine rings is 1. The van der Waals surface area contributed by atoms with Crippen LogP contribution in [0, 0.1) is 17.8 Å². The number of urea groups is 1. The van der Waals surface area contributed by atoms with Crippen LogP contribution < -0.4 is 5.32 Å². The molecule has 4 amide bonds. The van der Waals surface area contributed by atoms with E-state index in [2.05, 4.69) is 29.6 Å². The minimum Gasteiger partial charge on any atom is -0.383 e. The van der Waals surface area contributed by atoms with Crippen LogP contribution >= 0.6 is 0 Å². The minimum atomic E-state index is -0.363. The number of likely N-dealkylation sites (tertiary alicyclic amines) is 1. The number of methoxy groups -OCH3 is 1. The fourth-order valence-corrected chi connectivity index (χ4v) is 5.34. The quantitative estimate of drug-likeness (QED) is 0.756. The third kappa shape index (κ3) is 4.92. The molecular formula is C24H33N3O4. The van der Waals surface area contributed by atoms with Gasteiger partial charge in [-0.05, 0) is 50.0 Å². The molecule has 1 aromatic carbocycles. The number of imide groups is 1. The number of hydrogen-bond donors (Lipinski definition) is 1. The summed E-state index contributed by atoms with van der Waals surface area (Å²) in [6.07, 6.45) is 5.05. The lowest BCUT2D eigenvalue weighted by Gasteiger charge is -2.43. The normalized spacial score (nSPS) is 27.1. The van der Waals surface area contributed by atoms with Crippen LogP contribution in [0.4, 0.5) is 4.79 Å². The highest BCUT2D eigenvalue weighted by Crippen LogP contribution is 2.35. The molecule has 7 nitrogen and oxygen atoms in total. The number of nitrogens with zero attached hydrogens (tertiary/aromatic N) is 2. The Bertz CT molecular complexity index is 791. The number of rotatable bonds is 6. The zero-order valence-corrected chi connectivity index (χ0v) is 18.3. The van der Waals surface area contributed by atoms with E-state index in [-0.39, 0.29) is 42.3 Å². The number of amides is 4. The summed E-state index contributed by atoms with van der Waals surface area (Å²) in [5.74, 6) is 0.356. The summed E-state index contributed by atoms with van der Waals surface area (Å²) in [6.45, 7) is 2.20. The van der Waals surface area contributed by atoms with Crippen LogP contribution in [-0.2, 0) is 20.7 Å². The van der Waals surface area contributed by atoms with Gasteiger partial charge in [0.05, 0.1) is 19.1 Å². The Morgan fingerprint density at radius 1 is 1.10 bits per heavy atom. The van der Waals surface area contributed by atoms with E-state index >= 15 is 0 Å². The van der Waals surface area contributed by atoms with Crippen LogP contribution in [0.25, 0.3) is 0 Å². The first-order chi connectivity index (χ1) is 15.1. The smallest absolute Gasteiger partial charge is 0.324 e. The molecule has 1 saturated carbocycles. The second-order valence-electron chi connectivity index (χ2n) is 9.11. The average Bonchev–Trinajstić information content (AvgIpc) is 2.79. The highest BCUT2D eigenvalue weighted by atomic mass is 16.5. The summed E-state index contributed by atoms with van der Waals surface area (Å²) >= 11 is 0. The van der Waals surface area contributed by atoms with Gasteiger partial charge in [-0.1, -0.05) is 30.3 Å². The van der Waals surface area contributed by atoms with Gasteiger partial charge in [-0.2, -0.15) is 0 Å². The number of ether oxygens (including phenoxy) is 1. The number of hydrogen-bond acceptors (Lipinski definition) is 4. The van der Waals surface area contributed by atoms with Crippen LogP contribution in [0.5, 0.6) is 0 Å². The number of fused-ring (bicyclic) bond motifs is 1. The third-order valence-electron chi connectivity index (χ3n) is 7.15. The molecule has 0 spiro atoms.